The molecular weight excluding hydrogens is 314 g/mol. The first-order chi connectivity index (χ1) is 12.2. The first kappa shape index (κ1) is 17.3. The van der Waals surface area contributed by atoms with E-state index in [-0.39, 0.29) is 5.91 Å². The summed E-state index contributed by atoms with van der Waals surface area (Å²) < 4.78 is 11.4. The fourth-order valence-corrected chi connectivity index (χ4v) is 3.15. The monoisotopic (exact) mass is 339 g/mol. The fraction of sp³-hybridized carbons (Fsp3) is 0.381. The van der Waals surface area contributed by atoms with Gasteiger partial charge >= 0.3 is 0 Å². The van der Waals surface area contributed by atoms with E-state index in [4.69, 9.17) is 9.47 Å². The lowest BCUT2D eigenvalue weighted by atomic mass is 9.91. The molecule has 1 N–H and O–H groups in total. The predicted molar refractivity (Wildman–Crippen MR) is 99.4 cm³/mol. The van der Waals surface area contributed by atoms with Crippen molar-refractivity contribution < 1.29 is 14.3 Å². The quantitative estimate of drug-likeness (QED) is 0.850. The number of fused-ring (bicyclic) bond motifs is 1. The molecule has 3 rings (SSSR count). The maximum absolute atomic E-state index is 12.4. The SMILES string of the molecule is CCOc1ccc(NC(=O)C(C)Oc2cccc3c2CCCC3)cc1. The lowest BCUT2D eigenvalue weighted by Crippen LogP contribution is -2.30. The summed E-state index contributed by atoms with van der Waals surface area (Å²) in [4.78, 5) is 12.4. The van der Waals surface area contributed by atoms with Gasteiger partial charge in [0.25, 0.3) is 5.91 Å². The first-order valence-electron chi connectivity index (χ1n) is 8.98. The number of aryl methyl sites for hydroxylation is 1. The van der Waals surface area contributed by atoms with Gasteiger partial charge in [-0.3, -0.25) is 4.79 Å². The van der Waals surface area contributed by atoms with E-state index in [0.29, 0.717) is 6.61 Å². The van der Waals surface area contributed by atoms with Crippen molar-refractivity contribution in [3.63, 3.8) is 0 Å². The summed E-state index contributed by atoms with van der Waals surface area (Å²) >= 11 is 0. The molecule has 1 unspecified atom stereocenters. The summed E-state index contributed by atoms with van der Waals surface area (Å²) in [6.45, 7) is 4.35. The Morgan fingerprint density at radius 1 is 1.12 bits per heavy atom. The van der Waals surface area contributed by atoms with Crippen molar-refractivity contribution in [3.8, 4) is 11.5 Å². The molecule has 1 atom stereocenters. The molecule has 1 amide bonds. The number of anilines is 1. The van der Waals surface area contributed by atoms with Crippen LogP contribution in [0.5, 0.6) is 11.5 Å². The number of hydrogen-bond acceptors (Lipinski definition) is 3. The third-order valence-corrected chi connectivity index (χ3v) is 4.46. The van der Waals surface area contributed by atoms with E-state index in [1.807, 2.05) is 43.3 Å². The van der Waals surface area contributed by atoms with Crippen molar-refractivity contribution in [1.29, 1.82) is 0 Å². The number of carbonyl (C=O) groups is 1. The van der Waals surface area contributed by atoms with E-state index in [1.165, 1.54) is 24.0 Å². The molecule has 4 heteroatoms. The van der Waals surface area contributed by atoms with Crippen LogP contribution in [0.25, 0.3) is 0 Å². The highest BCUT2D eigenvalue weighted by Gasteiger charge is 2.19. The maximum atomic E-state index is 12.4. The Balaban J connectivity index is 1.63. The molecule has 25 heavy (non-hydrogen) atoms. The Hall–Kier alpha value is -2.49. The van der Waals surface area contributed by atoms with Crippen LogP contribution in [0.2, 0.25) is 0 Å². The van der Waals surface area contributed by atoms with Crippen molar-refractivity contribution in [2.24, 2.45) is 0 Å². The average molecular weight is 339 g/mol. The molecule has 132 valence electrons. The molecule has 2 aromatic carbocycles. The van der Waals surface area contributed by atoms with E-state index in [2.05, 4.69) is 11.4 Å². The second-order valence-corrected chi connectivity index (χ2v) is 6.31. The normalized spacial score (nSPS) is 14.3. The first-order valence-corrected chi connectivity index (χ1v) is 8.98. The molecule has 1 aliphatic rings. The molecule has 0 spiro atoms. The summed E-state index contributed by atoms with van der Waals surface area (Å²) in [6.07, 6.45) is 3.97. The molecule has 0 saturated carbocycles. The Bertz CT molecular complexity index is 724. The van der Waals surface area contributed by atoms with E-state index < -0.39 is 6.10 Å². The molecular formula is C21H25NO3. The van der Waals surface area contributed by atoms with Gasteiger partial charge in [-0.15, -0.1) is 0 Å². The number of benzene rings is 2. The topological polar surface area (TPSA) is 47.6 Å². The van der Waals surface area contributed by atoms with Crippen LogP contribution in [0.3, 0.4) is 0 Å². The van der Waals surface area contributed by atoms with Crippen LogP contribution in [-0.4, -0.2) is 18.6 Å². The Morgan fingerprint density at radius 2 is 1.88 bits per heavy atom. The molecule has 4 nitrogen and oxygen atoms in total. The third kappa shape index (κ3) is 4.32. The van der Waals surface area contributed by atoms with Gasteiger partial charge in [-0.25, -0.2) is 0 Å². The molecule has 0 aliphatic heterocycles. The highest BCUT2D eigenvalue weighted by molar-refractivity contribution is 5.94. The Labute approximate surface area is 149 Å². The van der Waals surface area contributed by atoms with Crippen LogP contribution in [0.4, 0.5) is 5.69 Å². The second-order valence-electron chi connectivity index (χ2n) is 6.31. The van der Waals surface area contributed by atoms with Gasteiger partial charge in [0, 0.05) is 5.69 Å². The van der Waals surface area contributed by atoms with Gasteiger partial charge in [0.05, 0.1) is 6.61 Å². The fourth-order valence-electron chi connectivity index (χ4n) is 3.15. The minimum Gasteiger partial charge on any atom is -0.494 e. The van der Waals surface area contributed by atoms with Gasteiger partial charge in [-0.05, 0) is 81.0 Å². The van der Waals surface area contributed by atoms with E-state index >= 15 is 0 Å². The predicted octanol–water partition coefficient (Wildman–Crippen LogP) is 4.37. The molecule has 0 bridgehead atoms. The van der Waals surface area contributed by atoms with Crippen LogP contribution >= 0.6 is 0 Å². The maximum Gasteiger partial charge on any atom is 0.265 e. The molecule has 1 aliphatic carbocycles. The molecule has 0 radical (unpaired) electrons. The number of ether oxygens (including phenoxy) is 2. The summed E-state index contributed by atoms with van der Waals surface area (Å²) in [5.41, 5.74) is 3.34. The van der Waals surface area contributed by atoms with Crippen molar-refractivity contribution in [3.05, 3.63) is 53.6 Å². The number of nitrogens with one attached hydrogen (secondary N) is 1. The number of hydrogen-bond donors (Lipinski definition) is 1. The van der Waals surface area contributed by atoms with Crippen LogP contribution in [-0.2, 0) is 17.6 Å². The summed E-state index contributed by atoms with van der Waals surface area (Å²) in [7, 11) is 0. The minimum atomic E-state index is -0.556. The van der Waals surface area contributed by atoms with Gasteiger partial charge in [0.2, 0.25) is 0 Å². The van der Waals surface area contributed by atoms with Crippen LogP contribution in [0.15, 0.2) is 42.5 Å². The lowest BCUT2D eigenvalue weighted by molar-refractivity contribution is -0.122. The van der Waals surface area contributed by atoms with Crippen molar-refractivity contribution >= 4 is 11.6 Å². The molecule has 2 aromatic rings. The van der Waals surface area contributed by atoms with Crippen molar-refractivity contribution in [2.75, 3.05) is 11.9 Å². The number of rotatable bonds is 6. The molecule has 0 heterocycles. The standard InChI is InChI=1S/C21H25NO3/c1-3-24-18-13-11-17(12-14-18)22-21(23)15(2)25-20-10-6-8-16-7-4-5-9-19(16)20/h6,8,10-15H,3-5,7,9H2,1-2H3,(H,22,23). The van der Waals surface area contributed by atoms with Gasteiger partial charge in [0.1, 0.15) is 11.5 Å². The van der Waals surface area contributed by atoms with Gasteiger partial charge in [0.15, 0.2) is 6.10 Å². The zero-order valence-corrected chi connectivity index (χ0v) is 14.9. The van der Waals surface area contributed by atoms with Gasteiger partial charge < -0.3 is 14.8 Å². The molecule has 0 saturated heterocycles. The van der Waals surface area contributed by atoms with Gasteiger partial charge in [-0.2, -0.15) is 0 Å². The number of carbonyl (C=O) groups excluding carboxylic acids is 1. The highest BCUT2D eigenvalue weighted by Crippen LogP contribution is 2.30. The third-order valence-electron chi connectivity index (χ3n) is 4.46. The lowest BCUT2D eigenvalue weighted by Gasteiger charge is -2.22. The van der Waals surface area contributed by atoms with E-state index in [9.17, 15) is 4.79 Å². The summed E-state index contributed by atoms with van der Waals surface area (Å²) in [5.74, 6) is 1.48. The van der Waals surface area contributed by atoms with Crippen molar-refractivity contribution in [1.82, 2.24) is 0 Å². The summed E-state index contributed by atoms with van der Waals surface area (Å²) in [5, 5.41) is 2.89. The second kappa shape index (κ2) is 8.06. The largest absolute Gasteiger partial charge is 0.494 e. The zero-order chi connectivity index (χ0) is 17.6. The van der Waals surface area contributed by atoms with Crippen molar-refractivity contribution in [2.45, 2.75) is 45.6 Å². The Kier molecular flexibility index (Phi) is 5.59. The molecule has 0 aromatic heterocycles. The van der Waals surface area contributed by atoms with E-state index in [1.54, 1.807) is 6.92 Å². The van der Waals surface area contributed by atoms with Crippen LogP contribution in [0, 0.1) is 0 Å². The van der Waals surface area contributed by atoms with Crippen LogP contribution < -0.4 is 14.8 Å². The average Bonchev–Trinajstić information content (AvgIpc) is 2.64. The minimum absolute atomic E-state index is 0.155. The van der Waals surface area contributed by atoms with Crippen LogP contribution in [0.1, 0.15) is 37.8 Å². The smallest absolute Gasteiger partial charge is 0.265 e. The van der Waals surface area contributed by atoms with E-state index in [0.717, 1.165) is 30.0 Å². The zero-order valence-electron chi connectivity index (χ0n) is 14.9. The molecule has 0 fully saturated rings. The number of amides is 1. The Morgan fingerprint density at radius 3 is 2.64 bits per heavy atom. The highest BCUT2D eigenvalue weighted by atomic mass is 16.5. The summed E-state index contributed by atoms with van der Waals surface area (Å²) in [6, 6.07) is 13.5. The van der Waals surface area contributed by atoms with Gasteiger partial charge in [-0.1, -0.05) is 12.1 Å².